The zero-order valence-electron chi connectivity index (χ0n) is 8.72. The molecule has 5 nitrogen and oxygen atoms in total. The fourth-order valence-corrected chi connectivity index (χ4v) is 2.55. The van der Waals surface area contributed by atoms with Gasteiger partial charge in [-0.25, -0.2) is 5.01 Å². The Kier molecular flexibility index (Phi) is 3.44. The summed E-state index contributed by atoms with van der Waals surface area (Å²) in [5, 5.41) is 13.7. The van der Waals surface area contributed by atoms with E-state index < -0.39 is 12.5 Å². The normalized spacial score (nSPS) is 15.9. The van der Waals surface area contributed by atoms with Gasteiger partial charge in [-0.1, -0.05) is 11.6 Å². The monoisotopic (exact) mass is 272 g/mol. The number of carbonyl (C=O) groups is 2. The van der Waals surface area contributed by atoms with Gasteiger partial charge in [0, 0.05) is 12.8 Å². The van der Waals surface area contributed by atoms with Crippen molar-refractivity contribution >= 4 is 40.5 Å². The Balaban J connectivity index is 2.23. The standard InChI is InChI=1S/C10H9ClN2O3S/c11-8-3-2-7(17-8)6-1-4-9(14)13(12-6)5-10(15)16/h2-3H,1,4-5H2,(H,15,16). The van der Waals surface area contributed by atoms with E-state index in [9.17, 15) is 9.59 Å². The molecule has 0 aromatic carbocycles. The van der Waals surface area contributed by atoms with Crippen LogP contribution in [0.2, 0.25) is 4.34 Å². The summed E-state index contributed by atoms with van der Waals surface area (Å²) in [6.07, 6.45) is 0.799. The summed E-state index contributed by atoms with van der Waals surface area (Å²) < 4.78 is 0.643. The van der Waals surface area contributed by atoms with E-state index in [2.05, 4.69) is 5.10 Å². The second-order valence-electron chi connectivity index (χ2n) is 3.50. The van der Waals surface area contributed by atoms with Crippen LogP contribution >= 0.6 is 22.9 Å². The van der Waals surface area contributed by atoms with Crippen LogP contribution in [0.15, 0.2) is 17.2 Å². The summed E-state index contributed by atoms with van der Waals surface area (Å²) in [5.74, 6) is -1.34. The number of hydrogen-bond donors (Lipinski definition) is 1. The van der Waals surface area contributed by atoms with Gasteiger partial charge in [-0.15, -0.1) is 11.3 Å². The molecule has 1 aromatic rings. The first-order valence-electron chi connectivity index (χ1n) is 4.91. The van der Waals surface area contributed by atoms with Crippen LogP contribution in [0.3, 0.4) is 0 Å². The molecule has 2 rings (SSSR count). The van der Waals surface area contributed by atoms with Crippen molar-refractivity contribution in [2.75, 3.05) is 6.54 Å². The van der Waals surface area contributed by atoms with Crippen molar-refractivity contribution in [2.24, 2.45) is 5.10 Å². The Morgan fingerprint density at radius 2 is 2.29 bits per heavy atom. The molecule has 0 atom stereocenters. The Hall–Kier alpha value is -1.40. The molecule has 0 saturated heterocycles. The highest BCUT2D eigenvalue weighted by atomic mass is 35.5. The number of carboxylic acid groups (broad SMARTS) is 1. The predicted molar refractivity (Wildman–Crippen MR) is 64.4 cm³/mol. The molecule has 17 heavy (non-hydrogen) atoms. The molecular formula is C10H9ClN2O3S. The van der Waals surface area contributed by atoms with Gasteiger partial charge in [0.05, 0.1) is 14.9 Å². The Morgan fingerprint density at radius 1 is 1.53 bits per heavy atom. The third kappa shape index (κ3) is 2.83. The number of hydrogen-bond acceptors (Lipinski definition) is 4. The van der Waals surface area contributed by atoms with E-state index >= 15 is 0 Å². The lowest BCUT2D eigenvalue weighted by Gasteiger charge is -2.21. The highest BCUT2D eigenvalue weighted by Crippen LogP contribution is 2.25. The molecule has 90 valence electrons. The van der Waals surface area contributed by atoms with Gasteiger partial charge >= 0.3 is 5.97 Å². The molecule has 0 unspecified atom stereocenters. The van der Waals surface area contributed by atoms with Crippen molar-refractivity contribution in [3.8, 4) is 0 Å². The smallest absolute Gasteiger partial charge is 0.325 e. The van der Waals surface area contributed by atoms with Crippen LogP contribution in [-0.2, 0) is 9.59 Å². The van der Waals surface area contributed by atoms with E-state index in [0.29, 0.717) is 16.5 Å². The molecule has 7 heteroatoms. The first-order chi connectivity index (χ1) is 8.06. The van der Waals surface area contributed by atoms with E-state index in [4.69, 9.17) is 16.7 Å². The van der Waals surface area contributed by atoms with Crippen LogP contribution in [0.5, 0.6) is 0 Å². The first-order valence-corrected chi connectivity index (χ1v) is 6.11. The zero-order valence-corrected chi connectivity index (χ0v) is 10.3. The molecule has 0 bridgehead atoms. The van der Waals surface area contributed by atoms with Gasteiger partial charge in [-0.2, -0.15) is 5.10 Å². The highest BCUT2D eigenvalue weighted by Gasteiger charge is 2.23. The second-order valence-corrected chi connectivity index (χ2v) is 5.21. The average Bonchev–Trinajstić information content (AvgIpc) is 2.67. The van der Waals surface area contributed by atoms with Crippen molar-refractivity contribution < 1.29 is 14.7 Å². The lowest BCUT2D eigenvalue weighted by atomic mass is 10.1. The summed E-state index contributed by atoms with van der Waals surface area (Å²) in [5.41, 5.74) is 0.711. The number of thiophene rings is 1. The van der Waals surface area contributed by atoms with Crippen molar-refractivity contribution in [1.29, 1.82) is 0 Å². The number of carboxylic acids is 1. The van der Waals surface area contributed by atoms with Crippen molar-refractivity contribution in [2.45, 2.75) is 12.8 Å². The lowest BCUT2D eigenvalue weighted by Crippen LogP contribution is -2.35. The molecule has 1 amide bonds. The van der Waals surface area contributed by atoms with Gasteiger partial charge in [0.15, 0.2) is 0 Å². The van der Waals surface area contributed by atoms with Gasteiger partial charge in [-0.3, -0.25) is 9.59 Å². The summed E-state index contributed by atoms with van der Waals surface area (Å²) >= 11 is 7.18. The average molecular weight is 273 g/mol. The fourth-order valence-electron chi connectivity index (χ4n) is 1.50. The van der Waals surface area contributed by atoms with Gasteiger partial charge < -0.3 is 5.11 Å². The minimum atomic E-state index is -1.08. The number of carbonyl (C=O) groups excluding carboxylic acids is 1. The predicted octanol–water partition coefficient (Wildman–Crippen LogP) is 1.81. The highest BCUT2D eigenvalue weighted by molar-refractivity contribution is 7.18. The topological polar surface area (TPSA) is 70.0 Å². The number of hydrazone groups is 1. The van der Waals surface area contributed by atoms with Crippen LogP contribution in [0.1, 0.15) is 17.7 Å². The van der Waals surface area contributed by atoms with Crippen LogP contribution in [-0.4, -0.2) is 34.2 Å². The maximum atomic E-state index is 11.4. The molecule has 1 aliphatic heterocycles. The van der Waals surface area contributed by atoms with Gasteiger partial charge in [0.2, 0.25) is 5.91 Å². The van der Waals surface area contributed by atoms with Gasteiger partial charge in [0.25, 0.3) is 0 Å². The van der Waals surface area contributed by atoms with E-state index in [1.807, 2.05) is 6.07 Å². The summed E-state index contributed by atoms with van der Waals surface area (Å²) in [7, 11) is 0. The van der Waals surface area contributed by atoms with Gasteiger partial charge in [-0.05, 0) is 12.1 Å². The molecule has 0 spiro atoms. The molecule has 1 aromatic heterocycles. The van der Waals surface area contributed by atoms with E-state index in [1.165, 1.54) is 11.3 Å². The third-order valence-corrected chi connectivity index (χ3v) is 3.53. The maximum Gasteiger partial charge on any atom is 0.325 e. The molecule has 0 aliphatic carbocycles. The molecule has 0 radical (unpaired) electrons. The lowest BCUT2D eigenvalue weighted by molar-refractivity contribution is -0.144. The number of halogens is 1. The maximum absolute atomic E-state index is 11.4. The molecule has 2 heterocycles. The second kappa shape index (κ2) is 4.85. The number of amides is 1. The van der Waals surface area contributed by atoms with E-state index in [0.717, 1.165) is 9.89 Å². The molecule has 1 N–H and O–H groups in total. The molecular weight excluding hydrogens is 264 g/mol. The third-order valence-electron chi connectivity index (χ3n) is 2.25. The largest absolute Gasteiger partial charge is 0.480 e. The van der Waals surface area contributed by atoms with Crippen LogP contribution < -0.4 is 0 Å². The van der Waals surface area contributed by atoms with Crippen LogP contribution in [0, 0.1) is 0 Å². The molecule has 1 aliphatic rings. The van der Waals surface area contributed by atoms with E-state index in [-0.39, 0.29) is 12.3 Å². The number of rotatable bonds is 3. The quantitative estimate of drug-likeness (QED) is 0.912. The van der Waals surface area contributed by atoms with Crippen molar-refractivity contribution in [3.63, 3.8) is 0 Å². The minimum Gasteiger partial charge on any atom is -0.480 e. The van der Waals surface area contributed by atoms with Crippen LogP contribution in [0.4, 0.5) is 0 Å². The number of nitrogens with zero attached hydrogens (tertiary/aromatic N) is 2. The number of aliphatic carboxylic acids is 1. The Labute approximate surface area is 106 Å². The molecule has 0 saturated carbocycles. The summed E-state index contributed by atoms with van der Waals surface area (Å²) in [6, 6.07) is 3.57. The van der Waals surface area contributed by atoms with Crippen molar-refractivity contribution in [3.05, 3.63) is 21.3 Å². The fraction of sp³-hybridized carbons (Fsp3) is 0.300. The van der Waals surface area contributed by atoms with Crippen LogP contribution in [0.25, 0.3) is 0 Å². The summed E-state index contributed by atoms with van der Waals surface area (Å²) in [6.45, 7) is -0.401. The first kappa shape index (κ1) is 12.1. The Morgan fingerprint density at radius 3 is 2.88 bits per heavy atom. The Bertz CT molecular complexity index is 497. The van der Waals surface area contributed by atoms with E-state index in [1.54, 1.807) is 6.07 Å². The molecule has 0 fully saturated rings. The SMILES string of the molecule is O=C(O)CN1N=C(c2ccc(Cl)s2)CCC1=O. The summed E-state index contributed by atoms with van der Waals surface area (Å²) in [4.78, 5) is 22.9. The van der Waals surface area contributed by atoms with Crippen molar-refractivity contribution in [1.82, 2.24) is 5.01 Å². The van der Waals surface area contributed by atoms with Gasteiger partial charge in [0.1, 0.15) is 6.54 Å². The minimum absolute atomic E-state index is 0.265. The zero-order chi connectivity index (χ0) is 12.4.